The molecule has 1 N–H and O–H groups in total. The summed E-state index contributed by atoms with van der Waals surface area (Å²) in [5.41, 5.74) is -0.989. The highest BCUT2D eigenvalue weighted by atomic mass is 79.9. The van der Waals surface area contributed by atoms with Crippen LogP contribution in [0.3, 0.4) is 0 Å². The van der Waals surface area contributed by atoms with Crippen LogP contribution in [0.5, 0.6) is 0 Å². The summed E-state index contributed by atoms with van der Waals surface area (Å²) in [5, 5.41) is 13.8. The number of halogens is 5. The molecule has 0 radical (unpaired) electrons. The topological polar surface area (TPSA) is 68.1 Å². The molecule has 0 aliphatic heterocycles. The van der Waals surface area contributed by atoms with Crippen molar-refractivity contribution in [1.82, 2.24) is 4.98 Å². The number of nitrogens with zero attached hydrogens (tertiary/aromatic N) is 2. The molecule has 0 fully saturated rings. The minimum Gasteiger partial charge on any atom is -0.372 e. The Bertz CT molecular complexity index is 786. The number of alkyl halides is 3. The van der Waals surface area contributed by atoms with E-state index in [1.807, 2.05) is 0 Å². The van der Waals surface area contributed by atoms with Gasteiger partial charge in [-0.2, -0.15) is 13.2 Å². The molecule has 0 aliphatic carbocycles. The Morgan fingerprint density at radius 2 is 2.04 bits per heavy atom. The van der Waals surface area contributed by atoms with Crippen LogP contribution in [0.1, 0.15) is 24.1 Å². The molecule has 128 valence electrons. The zero-order valence-corrected chi connectivity index (χ0v) is 14.4. The smallest absolute Gasteiger partial charge is 0.372 e. The first kappa shape index (κ1) is 18.5. The van der Waals surface area contributed by atoms with E-state index < -0.39 is 28.5 Å². The molecule has 10 heteroatoms. The fourth-order valence-electron chi connectivity index (χ4n) is 2.14. The molecule has 0 bridgehead atoms. The van der Waals surface area contributed by atoms with Crippen LogP contribution in [-0.4, -0.2) is 9.91 Å². The second-order valence-electron chi connectivity index (χ2n) is 4.88. The zero-order valence-electron chi connectivity index (χ0n) is 12.1. The molecule has 24 heavy (non-hydrogen) atoms. The van der Waals surface area contributed by atoms with Crippen LogP contribution >= 0.6 is 27.5 Å². The second-order valence-corrected chi connectivity index (χ2v) is 6.23. The summed E-state index contributed by atoms with van der Waals surface area (Å²) in [6.45, 7) is 1.45. The van der Waals surface area contributed by atoms with E-state index >= 15 is 0 Å². The lowest BCUT2D eigenvalue weighted by atomic mass is 10.0. The van der Waals surface area contributed by atoms with Gasteiger partial charge in [-0.1, -0.05) is 11.6 Å². The quantitative estimate of drug-likeness (QED) is 0.512. The summed E-state index contributed by atoms with van der Waals surface area (Å²) in [7, 11) is 0. The van der Waals surface area contributed by atoms with Gasteiger partial charge in [0, 0.05) is 11.1 Å². The van der Waals surface area contributed by atoms with Crippen LogP contribution in [0.25, 0.3) is 0 Å². The van der Waals surface area contributed by atoms with Crippen LogP contribution in [0.15, 0.2) is 34.9 Å². The SMILES string of the molecule is CC(Nc1cc(Br)cnc1[N+](=O)[O-])c1cc(Cl)ccc1C(F)(F)F. The summed E-state index contributed by atoms with van der Waals surface area (Å²) < 4.78 is 39.9. The molecule has 5 nitrogen and oxygen atoms in total. The van der Waals surface area contributed by atoms with Crippen molar-refractivity contribution in [3.8, 4) is 0 Å². The predicted octanol–water partition coefficient (Wildman–Crippen LogP) is 5.60. The number of anilines is 1. The second kappa shape index (κ2) is 6.94. The Kier molecular flexibility index (Phi) is 5.34. The molecule has 0 saturated heterocycles. The van der Waals surface area contributed by atoms with Crippen molar-refractivity contribution in [1.29, 1.82) is 0 Å². The highest BCUT2D eigenvalue weighted by Gasteiger charge is 2.35. The first-order valence-corrected chi connectivity index (χ1v) is 7.70. The third-order valence-corrected chi connectivity index (χ3v) is 3.83. The molecule has 0 spiro atoms. The lowest BCUT2D eigenvalue weighted by molar-refractivity contribution is -0.388. The van der Waals surface area contributed by atoms with Crippen molar-refractivity contribution < 1.29 is 18.1 Å². The molecule has 1 unspecified atom stereocenters. The molecular formula is C14H10BrClF3N3O2. The fraction of sp³-hybridized carbons (Fsp3) is 0.214. The van der Waals surface area contributed by atoms with Gasteiger partial charge in [0.05, 0.1) is 10.0 Å². The van der Waals surface area contributed by atoms with Crippen LogP contribution in [0.4, 0.5) is 24.7 Å². The van der Waals surface area contributed by atoms with Crippen molar-refractivity contribution in [2.24, 2.45) is 0 Å². The van der Waals surface area contributed by atoms with Gasteiger partial charge >= 0.3 is 12.0 Å². The molecule has 1 heterocycles. The van der Waals surface area contributed by atoms with E-state index in [0.717, 1.165) is 12.1 Å². The van der Waals surface area contributed by atoms with Gasteiger partial charge in [0.2, 0.25) is 0 Å². The maximum atomic E-state index is 13.2. The highest BCUT2D eigenvalue weighted by Crippen LogP contribution is 2.38. The van der Waals surface area contributed by atoms with E-state index in [2.05, 4.69) is 26.2 Å². The van der Waals surface area contributed by atoms with Gasteiger partial charge in [0.1, 0.15) is 5.69 Å². The first-order chi connectivity index (χ1) is 11.1. The first-order valence-electron chi connectivity index (χ1n) is 6.52. The van der Waals surface area contributed by atoms with Crippen molar-refractivity contribution >= 4 is 39.0 Å². The van der Waals surface area contributed by atoms with E-state index in [1.165, 1.54) is 25.3 Å². The summed E-state index contributed by atoms with van der Waals surface area (Å²) in [6.07, 6.45) is -3.34. The van der Waals surface area contributed by atoms with Crippen molar-refractivity contribution in [2.75, 3.05) is 5.32 Å². The Morgan fingerprint density at radius 1 is 1.38 bits per heavy atom. The van der Waals surface area contributed by atoms with Gasteiger partial charge < -0.3 is 15.4 Å². The number of benzene rings is 1. The molecule has 1 atom stereocenters. The number of nitro groups is 1. The van der Waals surface area contributed by atoms with Gasteiger partial charge in [-0.05, 0) is 62.6 Å². The van der Waals surface area contributed by atoms with Crippen molar-refractivity contribution in [2.45, 2.75) is 19.1 Å². The number of nitrogens with one attached hydrogen (secondary N) is 1. The number of hydrogen-bond donors (Lipinski definition) is 1. The monoisotopic (exact) mass is 423 g/mol. The van der Waals surface area contributed by atoms with E-state index in [-0.39, 0.29) is 16.3 Å². The molecule has 0 amide bonds. The molecule has 0 aliphatic rings. The molecular weight excluding hydrogens is 415 g/mol. The molecule has 1 aromatic heterocycles. The Labute approximate surface area is 148 Å². The Morgan fingerprint density at radius 3 is 2.62 bits per heavy atom. The van der Waals surface area contributed by atoms with Crippen molar-refractivity contribution in [3.63, 3.8) is 0 Å². The number of hydrogen-bond acceptors (Lipinski definition) is 4. The highest BCUT2D eigenvalue weighted by molar-refractivity contribution is 9.10. The largest absolute Gasteiger partial charge is 0.416 e. The third kappa shape index (κ3) is 4.15. The molecule has 2 rings (SSSR count). The summed E-state index contributed by atoms with van der Waals surface area (Å²) >= 11 is 8.92. The minimum atomic E-state index is -4.57. The summed E-state index contributed by atoms with van der Waals surface area (Å²) in [6, 6.07) is 3.68. The maximum Gasteiger partial charge on any atom is 0.416 e. The molecule has 2 aromatic rings. The maximum absolute atomic E-state index is 13.2. The van der Waals surface area contributed by atoms with E-state index in [0.29, 0.717) is 4.47 Å². The molecule has 1 aromatic carbocycles. The van der Waals surface area contributed by atoms with Gasteiger partial charge in [0.15, 0.2) is 6.20 Å². The van der Waals surface area contributed by atoms with Crippen LogP contribution in [0, 0.1) is 10.1 Å². The van der Waals surface area contributed by atoms with Crippen LogP contribution in [-0.2, 0) is 6.18 Å². The van der Waals surface area contributed by atoms with Gasteiger partial charge in [-0.25, -0.2) is 0 Å². The average molecular weight is 425 g/mol. The number of rotatable bonds is 4. The normalized spacial score (nSPS) is 12.8. The van der Waals surface area contributed by atoms with Crippen LogP contribution in [0.2, 0.25) is 5.02 Å². The van der Waals surface area contributed by atoms with Gasteiger partial charge in [-0.3, -0.25) is 0 Å². The number of pyridine rings is 1. The number of aromatic nitrogens is 1. The zero-order chi connectivity index (χ0) is 18.1. The predicted molar refractivity (Wildman–Crippen MR) is 87.1 cm³/mol. The summed E-state index contributed by atoms with van der Waals surface area (Å²) in [4.78, 5) is 14.0. The average Bonchev–Trinajstić information content (AvgIpc) is 2.45. The third-order valence-electron chi connectivity index (χ3n) is 3.16. The van der Waals surface area contributed by atoms with Crippen molar-refractivity contribution in [3.05, 3.63) is 61.2 Å². The minimum absolute atomic E-state index is 0.00465. The fourth-order valence-corrected chi connectivity index (χ4v) is 2.66. The lowest BCUT2D eigenvalue weighted by Crippen LogP contribution is -2.16. The molecule has 0 saturated carbocycles. The summed E-state index contributed by atoms with van der Waals surface area (Å²) in [5.74, 6) is -0.486. The standard InChI is InChI=1S/C14H10BrClF3N3O2/c1-7(10-5-9(16)2-3-11(10)14(17,18)19)21-12-4-8(15)6-20-13(12)22(23)24/h2-7,21H,1H3. The Hall–Kier alpha value is -1.87. The van der Waals surface area contributed by atoms with Gasteiger partial charge in [0.25, 0.3) is 0 Å². The van der Waals surface area contributed by atoms with E-state index in [4.69, 9.17) is 11.6 Å². The van der Waals surface area contributed by atoms with E-state index in [1.54, 1.807) is 0 Å². The van der Waals surface area contributed by atoms with Crippen LogP contribution < -0.4 is 5.32 Å². The van der Waals surface area contributed by atoms with Gasteiger partial charge in [-0.15, -0.1) is 0 Å². The Balaban J connectivity index is 2.45. The van der Waals surface area contributed by atoms with E-state index in [9.17, 15) is 23.3 Å². The lowest BCUT2D eigenvalue weighted by Gasteiger charge is -2.20.